The molecule has 0 bridgehead atoms. The molecule has 0 amide bonds. The number of carbonyl (C=O) groups excluding carboxylic acids is 2. The lowest BCUT2D eigenvalue weighted by molar-refractivity contribution is -0.916. The SMILES string of the molecule is C[N+]1(CCCN)CCOCC1.O=C1c2ccccc2C(=O)c2c(O)cccc21. The van der Waals surface area contributed by atoms with Crippen molar-refractivity contribution >= 4 is 11.6 Å². The van der Waals surface area contributed by atoms with Crippen molar-refractivity contribution in [2.45, 2.75) is 6.42 Å². The number of fused-ring (bicyclic) bond motifs is 2. The standard InChI is InChI=1S/C14H8O3.C8H19N2O/c15-11-7-3-6-10-12(11)14(17)9-5-2-1-4-8(9)13(10)16;1-10(4-2-3-9)5-7-11-8-6-10/h1-7,15H;2-9H2,1H3/q;+1. The highest BCUT2D eigenvalue weighted by Gasteiger charge is 2.31. The molecule has 1 saturated heterocycles. The lowest BCUT2D eigenvalue weighted by Crippen LogP contribution is -2.52. The van der Waals surface area contributed by atoms with Crippen LogP contribution in [0.2, 0.25) is 0 Å². The first-order chi connectivity index (χ1) is 13.5. The van der Waals surface area contributed by atoms with Crippen LogP contribution >= 0.6 is 0 Å². The molecule has 1 aliphatic carbocycles. The maximum absolute atomic E-state index is 12.2. The number of carbonyl (C=O) groups is 2. The fourth-order valence-electron chi connectivity index (χ4n) is 3.61. The van der Waals surface area contributed by atoms with Crippen LogP contribution in [0.4, 0.5) is 0 Å². The van der Waals surface area contributed by atoms with Crippen LogP contribution in [0.15, 0.2) is 42.5 Å². The van der Waals surface area contributed by atoms with Gasteiger partial charge in [-0.25, -0.2) is 0 Å². The van der Waals surface area contributed by atoms with Crippen molar-refractivity contribution in [2.75, 3.05) is 46.4 Å². The first-order valence-corrected chi connectivity index (χ1v) is 9.58. The van der Waals surface area contributed by atoms with Crippen molar-refractivity contribution in [3.05, 3.63) is 64.7 Å². The lowest BCUT2D eigenvalue weighted by atomic mass is 9.84. The average Bonchev–Trinajstić information content (AvgIpc) is 2.71. The molecule has 2 aromatic carbocycles. The molecular formula is C22H27N2O4+. The van der Waals surface area contributed by atoms with E-state index in [1.165, 1.54) is 12.6 Å². The van der Waals surface area contributed by atoms with Gasteiger partial charge >= 0.3 is 0 Å². The van der Waals surface area contributed by atoms with Crippen molar-refractivity contribution in [3.8, 4) is 5.75 Å². The molecule has 28 heavy (non-hydrogen) atoms. The van der Waals surface area contributed by atoms with Crippen molar-refractivity contribution in [3.63, 3.8) is 0 Å². The van der Waals surface area contributed by atoms with E-state index in [9.17, 15) is 14.7 Å². The normalized spacial score (nSPS) is 17.2. The third kappa shape index (κ3) is 4.14. The monoisotopic (exact) mass is 383 g/mol. The fourth-order valence-corrected chi connectivity index (χ4v) is 3.61. The minimum atomic E-state index is -0.298. The summed E-state index contributed by atoms with van der Waals surface area (Å²) in [6.45, 7) is 6.16. The van der Waals surface area contributed by atoms with E-state index < -0.39 is 0 Å². The summed E-state index contributed by atoms with van der Waals surface area (Å²) in [6, 6.07) is 11.2. The number of nitrogens with two attached hydrogens (primary N) is 1. The van der Waals surface area contributed by atoms with E-state index in [0.717, 1.165) is 43.8 Å². The maximum atomic E-state index is 12.2. The molecule has 6 heteroatoms. The van der Waals surface area contributed by atoms with Gasteiger partial charge in [0, 0.05) is 23.1 Å². The summed E-state index contributed by atoms with van der Waals surface area (Å²) in [7, 11) is 2.29. The number of quaternary nitrogens is 1. The first-order valence-electron chi connectivity index (χ1n) is 9.58. The number of ether oxygens (including phenoxy) is 1. The molecule has 4 rings (SSSR count). The van der Waals surface area contributed by atoms with Crippen LogP contribution in [0.3, 0.4) is 0 Å². The van der Waals surface area contributed by atoms with E-state index in [0.29, 0.717) is 11.1 Å². The van der Waals surface area contributed by atoms with Crippen molar-refractivity contribution in [2.24, 2.45) is 5.73 Å². The van der Waals surface area contributed by atoms with Gasteiger partial charge in [0.15, 0.2) is 11.6 Å². The number of ketones is 2. The predicted octanol–water partition coefficient (Wildman–Crippen LogP) is 1.98. The molecule has 6 nitrogen and oxygen atoms in total. The van der Waals surface area contributed by atoms with Gasteiger partial charge in [-0.3, -0.25) is 9.59 Å². The third-order valence-electron chi connectivity index (χ3n) is 5.38. The Bertz CT molecular complexity index is 873. The largest absolute Gasteiger partial charge is 0.507 e. The van der Waals surface area contributed by atoms with Crippen LogP contribution in [0.5, 0.6) is 5.75 Å². The average molecular weight is 383 g/mol. The Labute approximate surface area is 165 Å². The number of aromatic hydroxyl groups is 1. The van der Waals surface area contributed by atoms with Crippen LogP contribution in [0.1, 0.15) is 38.3 Å². The maximum Gasteiger partial charge on any atom is 0.198 e. The second-order valence-electron chi connectivity index (χ2n) is 7.45. The van der Waals surface area contributed by atoms with E-state index in [1.807, 2.05) is 0 Å². The van der Waals surface area contributed by atoms with Gasteiger partial charge in [-0.05, 0) is 12.6 Å². The minimum Gasteiger partial charge on any atom is -0.507 e. The first kappa shape index (κ1) is 20.2. The van der Waals surface area contributed by atoms with Crippen molar-refractivity contribution in [1.29, 1.82) is 0 Å². The van der Waals surface area contributed by atoms with Crippen molar-refractivity contribution < 1.29 is 23.9 Å². The molecule has 2 aromatic rings. The molecule has 148 valence electrons. The smallest absolute Gasteiger partial charge is 0.198 e. The van der Waals surface area contributed by atoms with E-state index >= 15 is 0 Å². The number of hydrogen-bond acceptors (Lipinski definition) is 5. The molecule has 1 fully saturated rings. The number of hydrogen-bond donors (Lipinski definition) is 2. The third-order valence-corrected chi connectivity index (χ3v) is 5.38. The Hall–Kier alpha value is -2.54. The zero-order chi connectivity index (χ0) is 20.1. The Kier molecular flexibility index (Phi) is 6.24. The summed E-state index contributed by atoms with van der Waals surface area (Å²) in [5.41, 5.74) is 6.59. The van der Waals surface area contributed by atoms with E-state index in [-0.39, 0.29) is 28.4 Å². The van der Waals surface area contributed by atoms with Gasteiger partial charge in [0.2, 0.25) is 0 Å². The number of benzene rings is 2. The number of nitrogens with zero attached hydrogens (tertiary/aromatic N) is 1. The second kappa shape index (κ2) is 8.65. The van der Waals surface area contributed by atoms with E-state index in [2.05, 4.69) is 7.05 Å². The molecule has 2 aliphatic rings. The zero-order valence-electron chi connectivity index (χ0n) is 16.2. The number of morpholine rings is 1. The Morgan fingerprint density at radius 3 is 2.21 bits per heavy atom. The molecular weight excluding hydrogens is 356 g/mol. The molecule has 0 spiro atoms. The number of phenols is 1. The summed E-state index contributed by atoms with van der Waals surface area (Å²) in [6.07, 6.45) is 1.14. The molecule has 1 heterocycles. The molecule has 3 N–H and O–H groups in total. The quantitative estimate of drug-likeness (QED) is 0.675. The van der Waals surface area contributed by atoms with Gasteiger partial charge < -0.3 is 20.1 Å². The van der Waals surface area contributed by atoms with E-state index in [1.54, 1.807) is 36.4 Å². The van der Waals surface area contributed by atoms with Gasteiger partial charge in [-0.15, -0.1) is 0 Å². The Balaban J connectivity index is 0.000000178. The number of phenolic OH excluding ortho intramolecular Hbond substituents is 1. The van der Waals surface area contributed by atoms with Crippen LogP contribution < -0.4 is 5.73 Å². The highest BCUT2D eigenvalue weighted by molar-refractivity contribution is 6.29. The van der Waals surface area contributed by atoms with Gasteiger partial charge in [-0.2, -0.15) is 0 Å². The minimum absolute atomic E-state index is 0.108. The van der Waals surface area contributed by atoms with E-state index in [4.69, 9.17) is 10.5 Å². The Morgan fingerprint density at radius 1 is 0.964 bits per heavy atom. The predicted molar refractivity (Wildman–Crippen MR) is 107 cm³/mol. The summed E-state index contributed by atoms with van der Waals surface area (Å²) in [4.78, 5) is 24.3. The van der Waals surface area contributed by atoms with Crippen LogP contribution in [0.25, 0.3) is 0 Å². The Morgan fingerprint density at radius 2 is 1.57 bits per heavy atom. The lowest BCUT2D eigenvalue weighted by Gasteiger charge is -2.37. The van der Waals surface area contributed by atoms with Crippen LogP contribution in [0, 0.1) is 0 Å². The zero-order valence-corrected chi connectivity index (χ0v) is 16.2. The van der Waals surface area contributed by atoms with Crippen LogP contribution in [-0.4, -0.2) is 67.6 Å². The second-order valence-corrected chi connectivity index (χ2v) is 7.45. The summed E-state index contributed by atoms with van der Waals surface area (Å²) in [5, 5.41) is 9.70. The molecule has 1 aliphatic heterocycles. The topological polar surface area (TPSA) is 89.6 Å². The molecule has 0 unspecified atom stereocenters. The van der Waals surface area contributed by atoms with Crippen molar-refractivity contribution in [1.82, 2.24) is 0 Å². The molecule has 0 aromatic heterocycles. The summed E-state index contributed by atoms with van der Waals surface area (Å²) in [5.74, 6) is -0.658. The van der Waals surface area contributed by atoms with Gasteiger partial charge in [0.25, 0.3) is 0 Å². The fraction of sp³-hybridized carbons (Fsp3) is 0.364. The number of likely N-dealkylation sites (N-methyl/N-ethyl adjacent to an activating group) is 1. The molecule has 0 saturated carbocycles. The van der Waals surface area contributed by atoms with Gasteiger partial charge in [0.05, 0.1) is 32.4 Å². The highest BCUT2D eigenvalue weighted by atomic mass is 16.5. The number of rotatable bonds is 3. The summed E-state index contributed by atoms with van der Waals surface area (Å²) < 4.78 is 6.45. The van der Waals surface area contributed by atoms with Gasteiger partial charge in [-0.1, -0.05) is 36.4 Å². The van der Waals surface area contributed by atoms with Crippen LogP contribution in [-0.2, 0) is 4.74 Å². The highest BCUT2D eigenvalue weighted by Crippen LogP contribution is 2.32. The molecule has 0 atom stereocenters. The summed E-state index contributed by atoms with van der Waals surface area (Å²) >= 11 is 0. The van der Waals surface area contributed by atoms with Gasteiger partial charge in [0.1, 0.15) is 18.8 Å². The molecule has 0 radical (unpaired) electrons.